The van der Waals surface area contributed by atoms with Crippen LogP contribution in [0.5, 0.6) is 0 Å². The number of rotatable bonds is 24. The van der Waals surface area contributed by atoms with E-state index >= 15 is 0 Å². The van der Waals surface area contributed by atoms with E-state index in [1.807, 2.05) is 0 Å². The molecule has 0 aliphatic rings. The smallest absolute Gasteiger partial charge is 0.335 e. The first-order valence-electron chi connectivity index (χ1n) is 17.7. The Bertz CT molecular complexity index is 1390. The van der Waals surface area contributed by atoms with Crippen molar-refractivity contribution in [2.24, 2.45) is 0 Å². The number of anilines is 2. The number of nitrogens with one attached hydrogen (secondary N) is 4. The molecule has 1 atom stereocenters. The molecule has 0 saturated heterocycles. The van der Waals surface area contributed by atoms with Crippen LogP contribution in [-0.2, 0) is 16.0 Å². The summed E-state index contributed by atoms with van der Waals surface area (Å²) in [5.74, 6) is -2.14. The summed E-state index contributed by atoms with van der Waals surface area (Å²) in [6.07, 6.45) is 22.8. The van der Waals surface area contributed by atoms with Crippen LogP contribution < -0.4 is 16.0 Å². The van der Waals surface area contributed by atoms with E-state index in [1.165, 1.54) is 102 Å². The molecule has 3 aromatic rings. The molecule has 1 heterocycles. The molecule has 0 saturated carbocycles. The fourth-order valence-corrected chi connectivity index (χ4v) is 5.61. The third kappa shape index (κ3) is 15.0. The molecule has 0 bridgehead atoms. The van der Waals surface area contributed by atoms with Gasteiger partial charge in [0.15, 0.2) is 0 Å². The number of carbonyl (C=O) groups excluding carboxylic acids is 3. The lowest BCUT2D eigenvalue weighted by Crippen LogP contribution is -2.45. The van der Waals surface area contributed by atoms with Crippen molar-refractivity contribution in [1.82, 2.24) is 15.3 Å². The largest absolute Gasteiger partial charge is 0.478 e. The van der Waals surface area contributed by atoms with E-state index in [4.69, 9.17) is 0 Å². The summed E-state index contributed by atoms with van der Waals surface area (Å²) in [5.41, 5.74) is 1.90. The standard InChI is InChI=1S/C38H53N5O5/c1-2-3-4-5-6-7-8-9-10-11-12-13-14-15-16-20-35(44)41-31-23-21-29(22-24-31)36(45)43-34(26-33-27-39-28-40-33)37(46)42-32-19-17-18-30(25-32)38(47)48/h17-19,21-25,27-28,34H,2-16,20,26H2,1H3,(H,39,40)(H,41,44)(H,42,46)(H,43,45)(H,47,48)/t34-/m0/s1. The zero-order valence-corrected chi connectivity index (χ0v) is 28.4. The number of carboxylic acids is 1. The number of unbranched alkanes of at least 4 members (excludes halogenated alkanes) is 14. The number of hydrogen-bond acceptors (Lipinski definition) is 5. The maximum Gasteiger partial charge on any atom is 0.335 e. The van der Waals surface area contributed by atoms with Gasteiger partial charge in [0.2, 0.25) is 11.8 Å². The third-order valence-corrected chi connectivity index (χ3v) is 8.42. The zero-order valence-electron chi connectivity index (χ0n) is 28.4. The van der Waals surface area contributed by atoms with Gasteiger partial charge in [-0.15, -0.1) is 0 Å². The summed E-state index contributed by atoms with van der Waals surface area (Å²) in [6.45, 7) is 2.26. The second kappa shape index (κ2) is 22.2. The van der Waals surface area contributed by atoms with Gasteiger partial charge in [0.25, 0.3) is 5.91 Å². The first-order valence-corrected chi connectivity index (χ1v) is 17.7. The zero-order chi connectivity index (χ0) is 34.4. The Morgan fingerprint density at radius 3 is 1.90 bits per heavy atom. The topological polar surface area (TPSA) is 153 Å². The highest BCUT2D eigenvalue weighted by Gasteiger charge is 2.23. The monoisotopic (exact) mass is 659 g/mol. The van der Waals surface area contributed by atoms with Gasteiger partial charge in [-0.05, 0) is 48.9 Å². The Hall–Kier alpha value is -4.47. The summed E-state index contributed by atoms with van der Waals surface area (Å²) in [5, 5.41) is 17.6. The van der Waals surface area contributed by atoms with Crippen LogP contribution >= 0.6 is 0 Å². The molecule has 10 nitrogen and oxygen atoms in total. The van der Waals surface area contributed by atoms with Crippen molar-refractivity contribution in [3.63, 3.8) is 0 Å². The van der Waals surface area contributed by atoms with E-state index < -0.39 is 23.8 Å². The Balaban J connectivity index is 1.35. The molecule has 1 aromatic heterocycles. The molecule has 10 heteroatoms. The average Bonchev–Trinajstić information content (AvgIpc) is 3.60. The van der Waals surface area contributed by atoms with E-state index in [9.17, 15) is 24.3 Å². The number of carboxylic acid groups (broad SMARTS) is 1. The minimum Gasteiger partial charge on any atom is -0.478 e. The summed E-state index contributed by atoms with van der Waals surface area (Å²) in [4.78, 5) is 57.0. The van der Waals surface area contributed by atoms with E-state index in [0.717, 1.165) is 19.3 Å². The molecule has 260 valence electrons. The Labute approximate surface area is 284 Å². The number of benzene rings is 2. The minimum absolute atomic E-state index is 0.0314. The number of H-pyrrole nitrogens is 1. The fourth-order valence-electron chi connectivity index (χ4n) is 5.61. The lowest BCUT2D eigenvalue weighted by atomic mass is 10.0. The highest BCUT2D eigenvalue weighted by molar-refractivity contribution is 6.02. The summed E-state index contributed by atoms with van der Waals surface area (Å²) < 4.78 is 0. The second-order valence-electron chi connectivity index (χ2n) is 12.5. The van der Waals surface area contributed by atoms with E-state index in [1.54, 1.807) is 36.5 Å². The number of aromatic carboxylic acids is 1. The lowest BCUT2D eigenvalue weighted by Gasteiger charge is -2.18. The first kappa shape index (κ1) is 38.0. The van der Waals surface area contributed by atoms with E-state index in [0.29, 0.717) is 29.1 Å². The molecule has 2 aromatic carbocycles. The van der Waals surface area contributed by atoms with Crippen LogP contribution in [0.25, 0.3) is 0 Å². The van der Waals surface area contributed by atoms with E-state index in [-0.39, 0.29) is 17.9 Å². The molecule has 0 spiro atoms. The third-order valence-electron chi connectivity index (χ3n) is 8.42. The molecular formula is C38H53N5O5. The number of nitrogens with zero attached hydrogens (tertiary/aromatic N) is 1. The summed E-state index contributed by atoms with van der Waals surface area (Å²) >= 11 is 0. The highest BCUT2D eigenvalue weighted by atomic mass is 16.4. The molecule has 3 rings (SSSR count). The quantitative estimate of drug-likeness (QED) is 0.0610. The van der Waals surface area contributed by atoms with Gasteiger partial charge in [-0.1, -0.05) is 103 Å². The van der Waals surface area contributed by atoms with Crippen molar-refractivity contribution in [1.29, 1.82) is 0 Å². The van der Waals surface area contributed by atoms with Crippen LogP contribution in [0.2, 0.25) is 0 Å². The molecule has 0 aliphatic carbocycles. The van der Waals surface area contributed by atoms with Crippen molar-refractivity contribution in [3.05, 3.63) is 77.9 Å². The SMILES string of the molecule is CCCCCCCCCCCCCCCCCC(=O)Nc1ccc(C(=O)N[C@@H](Cc2cnc[nH]2)C(=O)Nc2cccc(C(=O)O)c2)cc1. The van der Waals surface area contributed by atoms with Gasteiger partial charge in [-0.2, -0.15) is 0 Å². The van der Waals surface area contributed by atoms with Crippen LogP contribution in [0, 0.1) is 0 Å². The van der Waals surface area contributed by atoms with Crippen LogP contribution in [0.3, 0.4) is 0 Å². The maximum atomic E-state index is 13.2. The Morgan fingerprint density at radius 1 is 0.729 bits per heavy atom. The predicted octanol–water partition coefficient (Wildman–Crippen LogP) is 8.29. The fraction of sp³-hybridized carbons (Fsp3) is 0.500. The maximum absolute atomic E-state index is 13.2. The number of aromatic amines is 1. The lowest BCUT2D eigenvalue weighted by molar-refractivity contribution is -0.118. The van der Waals surface area contributed by atoms with Crippen LogP contribution in [0.1, 0.15) is 136 Å². The number of imidazole rings is 1. The Kier molecular flexibility index (Phi) is 17.5. The second-order valence-corrected chi connectivity index (χ2v) is 12.5. The van der Waals surface area contributed by atoms with Gasteiger partial charge in [-0.3, -0.25) is 14.4 Å². The Morgan fingerprint density at radius 2 is 1.33 bits per heavy atom. The summed E-state index contributed by atoms with van der Waals surface area (Å²) in [7, 11) is 0. The number of hydrogen-bond donors (Lipinski definition) is 5. The van der Waals surface area contributed by atoms with Crippen LogP contribution in [0.4, 0.5) is 11.4 Å². The van der Waals surface area contributed by atoms with Gasteiger partial charge in [0, 0.05) is 41.7 Å². The van der Waals surface area contributed by atoms with Crippen LogP contribution in [0.15, 0.2) is 61.1 Å². The number of aromatic nitrogens is 2. The van der Waals surface area contributed by atoms with Crippen molar-refractivity contribution in [3.8, 4) is 0 Å². The van der Waals surface area contributed by atoms with Crippen molar-refractivity contribution in [2.75, 3.05) is 10.6 Å². The molecule has 48 heavy (non-hydrogen) atoms. The molecular weight excluding hydrogens is 606 g/mol. The van der Waals surface area contributed by atoms with Gasteiger partial charge in [0.1, 0.15) is 6.04 Å². The average molecular weight is 660 g/mol. The van der Waals surface area contributed by atoms with E-state index in [2.05, 4.69) is 32.8 Å². The minimum atomic E-state index is -1.11. The highest BCUT2D eigenvalue weighted by Crippen LogP contribution is 2.16. The molecule has 5 N–H and O–H groups in total. The first-order chi connectivity index (χ1) is 23.4. The molecule has 3 amide bonds. The van der Waals surface area contributed by atoms with Crippen LogP contribution in [-0.4, -0.2) is 44.8 Å². The van der Waals surface area contributed by atoms with Gasteiger partial charge < -0.3 is 26.0 Å². The van der Waals surface area contributed by atoms with Gasteiger partial charge in [0.05, 0.1) is 11.9 Å². The predicted molar refractivity (Wildman–Crippen MR) is 190 cm³/mol. The number of carbonyl (C=O) groups is 4. The molecule has 0 aliphatic heterocycles. The number of amides is 3. The molecule has 0 unspecified atom stereocenters. The normalized spacial score (nSPS) is 11.5. The van der Waals surface area contributed by atoms with Crippen molar-refractivity contribution < 1.29 is 24.3 Å². The van der Waals surface area contributed by atoms with Crippen molar-refractivity contribution in [2.45, 2.75) is 122 Å². The van der Waals surface area contributed by atoms with Crippen molar-refractivity contribution >= 4 is 35.1 Å². The van der Waals surface area contributed by atoms with Gasteiger partial charge in [-0.25, -0.2) is 9.78 Å². The molecule has 0 radical (unpaired) electrons. The summed E-state index contributed by atoms with van der Waals surface area (Å²) in [6, 6.07) is 11.4. The van der Waals surface area contributed by atoms with Gasteiger partial charge >= 0.3 is 5.97 Å². The molecule has 0 fully saturated rings.